The highest BCUT2D eigenvalue weighted by Crippen LogP contribution is 2.26. The molecule has 5 heteroatoms. The number of aryl methyl sites for hydroxylation is 3. The summed E-state index contributed by atoms with van der Waals surface area (Å²) >= 11 is 5.93. The number of pyridine rings is 1. The molecule has 3 aromatic rings. The van der Waals surface area contributed by atoms with Crippen molar-refractivity contribution in [2.75, 3.05) is 5.32 Å². The number of anilines is 1. The normalized spacial score (nSPS) is 14.5. The number of thiocarbonyl (C=S) groups is 1. The lowest BCUT2D eigenvalue weighted by atomic mass is 9.94. The van der Waals surface area contributed by atoms with Gasteiger partial charge in [0.1, 0.15) is 0 Å². The van der Waals surface area contributed by atoms with Crippen molar-refractivity contribution in [3.8, 4) is 0 Å². The van der Waals surface area contributed by atoms with E-state index in [1.165, 1.54) is 30.4 Å². The van der Waals surface area contributed by atoms with Gasteiger partial charge in [-0.2, -0.15) is 0 Å². The molecule has 0 unspecified atom stereocenters. The Morgan fingerprint density at radius 3 is 2.59 bits per heavy atom. The van der Waals surface area contributed by atoms with Gasteiger partial charge in [-0.15, -0.1) is 0 Å². The fraction of sp³-hybridized carbons (Fsp3) is 0.407. The van der Waals surface area contributed by atoms with Crippen LogP contribution in [0.1, 0.15) is 61.3 Å². The van der Waals surface area contributed by atoms with Gasteiger partial charge < -0.3 is 15.2 Å². The Hall–Kier alpha value is -2.66. The molecule has 0 bridgehead atoms. The molecular weight excluding hydrogens is 414 g/mol. The highest BCUT2D eigenvalue weighted by Gasteiger charge is 2.25. The molecule has 32 heavy (non-hydrogen) atoms. The van der Waals surface area contributed by atoms with Crippen LogP contribution in [0, 0.1) is 13.8 Å². The van der Waals surface area contributed by atoms with E-state index in [0.717, 1.165) is 47.0 Å². The zero-order valence-electron chi connectivity index (χ0n) is 19.3. The Bertz CT molecular complexity index is 1180. The van der Waals surface area contributed by atoms with Crippen LogP contribution in [0.3, 0.4) is 0 Å². The molecule has 1 aromatic heterocycles. The maximum Gasteiger partial charge on any atom is 0.253 e. The molecule has 1 heterocycles. The zero-order valence-corrected chi connectivity index (χ0v) is 20.1. The smallest absolute Gasteiger partial charge is 0.253 e. The molecule has 2 aromatic carbocycles. The van der Waals surface area contributed by atoms with Gasteiger partial charge in [0.05, 0.1) is 6.54 Å². The molecule has 0 amide bonds. The number of hydrogen-bond acceptors (Lipinski definition) is 2. The van der Waals surface area contributed by atoms with E-state index in [1.807, 2.05) is 12.1 Å². The van der Waals surface area contributed by atoms with Crippen molar-refractivity contribution in [1.82, 2.24) is 9.88 Å². The standard InChI is InChI=1S/C27H33N3OS/c1-4-20-10-8-9-13-24(20)29-27(32)30(22-11-6-5-7-12-22)17-21-16-23-19(3)14-18(2)15-25(23)28-26(21)31/h8-10,13-16,22H,4-7,11-12,17H2,1-3H3,(H,28,31)(H,29,32). The number of fused-ring (bicyclic) bond motifs is 1. The lowest BCUT2D eigenvalue weighted by Crippen LogP contribution is -2.44. The first-order chi connectivity index (χ1) is 15.5. The molecule has 2 N–H and O–H groups in total. The first-order valence-corrected chi connectivity index (χ1v) is 12.2. The highest BCUT2D eigenvalue weighted by molar-refractivity contribution is 7.80. The van der Waals surface area contributed by atoms with Gasteiger partial charge in [0.25, 0.3) is 5.56 Å². The summed E-state index contributed by atoms with van der Waals surface area (Å²) in [5, 5.41) is 5.31. The van der Waals surface area contributed by atoms with E-state index < -0.39 is 0 Å². The summed E-state index contributed by atoms with van der Waals surface area (Å²) in [5.74, 6) is 0. The molecule has 0 radical (unpaired) electrons. The third kappa shape index (κ3) is 4.88. The average molecular weight is 448 g/mol. The van der Waals surface area contributed by atoms with Gasteiger partial charge in [0.2, 0.25) is 0 Å². The molecule has 1 aliphatic carbocycles. The van der Waals surface area contributed by atoms with Crippen LogP contribution in [0.2, 0.25) is 0 Å². The predicted molar refractivity (Wildman–Crippen MR) is 138 cm³/mol. The van der Waals surface area contributed by atoms with E-state index in [-0.39, 0.29) is 5.56 Å². The van der Waals surface area contributed by atoms with Crippen LogP contribution in [0.15, 0.2) is 47.3 Å². The second-order valence-corrected chi connectivity index (χ2v) is 9.41. The predicted octanol–water partition coefficient (Wildman–Crippen LogP) is 6.24. The minimum absolute atomic E-state index is 0.0277. The molecular formula is C27H33N3OS. The Balaban J connectivity index is 1.67. The summed E-state index contributed by atoms with van der Waals surface area (Å²) in [6.07, 6.45) is 6.86. The SMILES string of the molecule is CCc1ccccc1NC(=S)N(Cc1cc2c(C)cc(C)cc2[nH]c1=O)C1CCCCC1. The quantitative estimate of drug-likeness (QED) is 0.455. The van der Waals surface area contributed by atoms with Crippen LogP contribution < -0.4 is 10.9 Å². The molecule has 1 saturated carbocycles. The topological polar surface area (TPSA) is 48.1 Å². The second kappa shape index (κ2) is 9.86. The number of hydrogen-bond donors (Lipinski definition) is 2. The van der Waals surface area contributed by atoms with Gasteiger partial charge in [-0.25, -0.2) is 0 Å². The van der Waals surface area contributed by atoms with E-state index >= 15 is 0 Å². The Morgan fingerprint density at radius 1 is 1.09 bits per heavy atom. The lowest BCUT2D eigenvalue weighted by molar-refractivity contribution is 0.240. The van der Waals surface area contributed by atoms with Crippen LogP contribution in [0.4, 0.5) is 5.69 Å². The van der Waals surface area contributed by atoms with Gasteiger partial charge in [-0.05, 0) is 80.2 Å². The van der Waals surface area contributed by atoms with Gasteiger partial charge in [0.15, 0.2) is 5.11 Å². The lowest BCUT2D eigenvalue weighted by Gasteiger charge is -2.36. The number of nitrogens with one attached hydrogen (secondary N) is 2. The fourth-order valence-corrected chi connectivity index (χ4v) is 5.24. The van der Waals surface area contributed by atoms with E-state index in [4.69, 9.17) is 12.2 Å². The number of benzene rings is 2. The summed E-state index contributed by atoms with van der Waals surface area (Å²) in [6, 6.07) is 14.9. The van der Waals surface area contributed by atoms with E-state index in [9.17, 15) is 4.79 Å². The zero-order chi connectivity index (χ0) is 22.7. The molecule has 4 nitrogen and oxygen atoms in total. The van der Waals surface area contributed by atoms with Crippen LogP contribution in [-0.4, -0.2) is 21.0 Å². The molecule has 1 fully saturated rings. The van der Waals surface area contributed by atoms with E-state index in [0.29, 0.717) is 17.7 Å². The molecule has 0 saturated heterocycles. The Morgan fingerprint density at radius 2 is 1.84 bits per heavy atom. The van der Waals surface area contributed by atoms with E-state index in [2.05, 4.69) is 66.3 Å². The van der Waals surface area contributed by atoms with Gasteiger partial charge in [-0.1, -0.05) is 50.5 Å². The molecule has 1 aliphatic rings. The summed E-state index contributed by atoms with van der Waals surface area (Å²) < 4.78 is 0. The average Bonchev–Trinajstić information content (AvgIpc) is 2.78. The van der Waals surface area contributed by atoms with Crippen molar-refractivity contribution >= 4 is 33.9 Å². The number of aromatic amines is 1. The largest absolute Gasteiger partial charge is 0.342 e. The van der Waals surface area contributed by atoms with Crippen molar-refractivity contribution in [2.24, 2.45) is 0 Å². The van der Waals surface area contributed by atoms with Crippen LogP contribution >= 0.6 is 12.2 Å². The third-order valence-electron chi connectivity index (χ3n) is 6.65. The van der Waals surface area contributed by atoms with Crippen LogP contribution in [0.25, 0.3) is 10.9 Å². The van der Waals surface area contributed by atoms with Crippen molar-refractivity contribution in [3.05, 3.63) is 75.1 Å². The minimum atomic E-state index is -0.0277. The molecule has 0 spiro atoms. The summed E-state index contributed by atoms with van der Waals surface area (Å²) in [5.41, 5.74) is 6.27. The number of nitrogens with zero attached hydrogens (tertiary/aromatic N) is 1. The fourth-order valence-electron chi connectivity index (χ4n) is 4.91. The van der Waals surface area contributed by atoms with Crippen LogP contribution in [-0.2, 0) is 13.0 Å². The second-order valence-electron chi connectivity index (χ2n) is 9.03. The van der Waals surface area contributed by atoms with Crippen molar-refractivity contribution in [2.45, 2.75) is 71.9 Å². The molecule has 4 rings (SSSR count). The summed E-state index contributed by atoms with van der Waals surface area (Å²) in [4.78, 5) is 18.4. The number of H-pyrrole nitrogens is 1. The van der Waals surface area contributed by atoms with E-state index in [1.54, 1.807) is 0 Å². The molecule has 168 valence electrons. The van der Waals surface area contributed by atoms with Crippen LogP contribution in [0.5, 0.6) is 0 Å². The molecule has 0 atom stereocenters. The highest BCUT2D eigenvalue weighted by atomic mass is 32.1. The van der Waals surface area contributed by atoms with Gasteiger partial charge >= 0.3 is 0 Å². The Kier molecular flexibility index (Phi) is 6.95. The third-order valence-corrected chi connectivity index (χ3v) is 6.98. The number of rotatable bonds is 5. The van der Waals surface area contributed by atoms with Gasteiger partial charge in [-0.3, -0.25) is 4.79 Å². The summed E-state index contributed by atoms with van der Waals surface area (Å²) in [6.45, 7) is 6.83. The minimum Gasteiger partial charge on any atom is -0.342 e. The number of aromatic nitrogens is 1. The van der Waals surface area contributed by atoms with Crippen molar-refractivity contribution in [3.63, 3.8) is 0 Å². The van der Waals surface area contributed by atoms with Crippen molar-refractivity contribution in [1.29, 1.82) is 0 Å². The Labute approximate surface area is 196 Å². The van der Waals surface area contributed by atoms with Gasteiger partial charge in [0, 0.05) is 28.2 Å². The maximum absolute atomic E-state index is 13.0. The molecule has 0 aliphatic heterocycles. The summed E-state index contributed by atoms with van der Waals surface area (Å²) in [7, 11) is 0. The monoisotopic (exact) mass is 447 g/mol. The first-order valence-electron chi connectivity index (χ1n) is 11.7. The first kappa shape index (κ1) is 22.5. The van der Waals surface area contributed by atoms with Crippen molar-refractivity contribution < 1.29 is 0 Å². The maximum atomic E-state index is 13.0. The number of para-hydroxylation sites is 1.